The Hall–Kier alpha value is -3.30. The number of nitrogens with zero attached hydrogens (tertiary/aromatic N) is 1. The highest BCUT2D eigenvalue weighted by atomic mass is 35.5. The number of hydrogen-bond donors (Lipinski definition) is 1. The van der Waals surface area contributed by atoms with Gasteiger partial charge in [-0.1, -0.05) is 41.9 Å². The van der Waals surface area contributed by atoms with Crippen molar-refractivity contribution < 1.29 is 27.1 Å². The summed E-state index contributed by atoms with van der Waals surface area (Å²) >= 11 is 5.90. The molecule has 0 radical (unpaired) electrons. The summed E-state index contributed by atoms with van der Waals surface area (Å²) in [5.74, 6) is -0.689. The minimum atomic E-state index is -4.26. The quantitative estimate of drug-likeness (QED) is 0.448. The van der Waals surface area contributed by atoms with E-state index in [1.807, 2.05) is 30.3 Å². The summed E-state index contributed by atoms with van der Waals surface area (Å²) in [6, 6.07) is 17.1. The van der Waals surface area contributed by atoms with Gasteiger partial charge in [-0.05, 0) is 42.3 Å². The number of carbonyl (C=O) groups excluding carboxylic acids is 1. The fourth-order valence-electron chi connectivity index (χ4n) is 3.24. The largest absolute Gasteiger partial charge is 0.493 e. The Morgan fingerprint density at radius 2 is 1.71 bits per heavy atom. The van der Waals surface area contributed by atoms with Crippen molar-refractivity contribution >= 4 is 33.2 Å². The molecule has 3 rings (SSSR count). The molecule has 0 heterocycles. The monoisotopic (exact) mass is 506 g/mol. The van der Waals surface area contributed by atoms with Crippen molar-refractivity contribution in [2.45, 2.75) is 11.3 Å². The average molecular weight is 507 g/mol. The highest BCUT2D eigenvalue weighted by Gasteiger charge is 2.29. The van der Waals surface area contributed by atoms with Crippen LogP contribution in [0.4, 0.5) is 10.1 Å². The number of carbonyl (C=O) groups is 1. The van der Waals surface area contributed by atoms with Gasteiger partial charge in [0.15, 0.2) is 11.5 Å². The van der Waals surface area contributed by atoms with Gasteiger partial charge in [0.05, 0.1) is 29.8 Å². The molecule has 3 aromatic rings. The summed E-state index contributed by atoms with van der Waals surface area (Å²) in [7, 11) is -1.45. The Morgan fingerprint density at radius 3 is 2.35 bits per heavy atom. The number of sulfonamides is 1. The van der Waals surface area contributed by atoms with E-state index in [1.165, 1.54) is 38.5 Å². The van der Waals surface area contributed by atoms with Crippen LogP contribution in [0.25, 0.3) is 0 Å². The molecule has 1 N–H and O–H groups in total. The average Bonchev–Trinajstić information content (AvgIpc) is 2.84. The van der Waals surface area contributed by atoms with Crippen molar-refractivity contribution in [3.63, 3.8) is 0 Å². The lowest BCUT2D eigenvalue weighted by molar-refractivity contribution is -0.119. The molecular weight excluding hydrogens is 483 g/mol. The van der Waals surface area contributed by atoms with E-state index in [9.17, 15) is 17.6 Å². The zero-order valence-corrected chi connectivity index (χ0v) is 20.2. The van der Waals surface area contributed by atoms with Crippen LogP contribution in [0.15, 0.2) is 71.6 Å². The minimum absolute atomic E-state index is 0.0411. The second-order valence-electron chi connectivity index (χ2n) is 7.21. The molecule has 0 aromatic heterocycles. The molecule has 0 fully saturated rings. The van der Waals surface area contributed by atoms with Gasteiger partial charge in [0.25, 0.3) is 10.0 Å². The van der Waals surface area contributed by atoms with Crippen LogP contribution in [0.5, 0.6) is 11.5 Å². The molecule has 180 valence electrons. The summed E-state index contributed by atoms with van der Waals surface area (Å²) in [6.45, 7) is -0.218. The first kappa shape index (κ1) is 25.3. The molecule has 0 aliphatic heterocycles. The van der Waals surface area contributed by atoms with E-state index >= 15 is 0 Å². The van der Waals surface area contributed by atoms with Gasteiger partial charge in [-0.15, -0.1) is 0 Å². The molecule has 0 aliphatic carbocycles. The first-order valence-electron chi connectivity index (χ1n) is 10.3. The SMILES string of the molecule is COc1ccc(S(=O)(=O)N(CC(=O)NCCc2ccccc2)c2ccc(F)c(Cl)c2)cc1OC. The number of halogens is 2. The Labute approximate surface area is 203 Å². The predicted octanol–water partition coefficient (Wildman–Crippen LogP) is 4.05. The van der Waals surface area contributed by atoms with E-state index in [0.29, 0.717) is 18.7 Å². The third-order valence-corrected chi connectivity index (χ3v) is 7.06. The Kier molecular flexibility index (Phi) is 8.36. The number of nitrogens with one attached hydrogen (secondary N) is 1. The second kappa shape index (κ2) is 11.2. The topological polar surface area (TPSA) is 84.9 Å². The maximum absolute atomic E-state index is 13.7. The molecule has 0 spiro atoms. The lowest BCUT2D eigenvalue weighted by Gasteiger charge is -2.25. The lowest BCUT2D eigenvalue weighted by atomic mass is 10.1. The summed E-state index contributed by atoms with van der Waals surface area (Å²) in [5.41, 5.74) is 1.07. The van der Waals surface area contributed by atoms with Gasteiger partial charge in [-0.3, -0.25) is 9.10 Å². The first-order valence-corrected chi connectivity index (χ1v) is 12.1. The smallest absolute Gasteiger partial charge is 0.264 e. The maximum Gasteiger partial charge on any atom is 0.264 e. The zero-order valence-electron chi connectivity index (χ0n) is 18.6. The standard InChI is InChI=1S/C24H24ClFN2O5S/c1-32-22-11-9-19(15-23(22)33-2)34(30,31)28(18-8-10-21(26)20(25)14-18)16-24(29)27-13-12-17-6-4-3-5-7-17/h3-11,14-15H,12-13,16H2,1-2H3,(H,27,29). The minimum Gasteiger partial charge on any atom is -0.493 e. The van der Waals surface area contributed by atoms with Gasteiger partial charge >= 0.3 is 0 Å². The molecule has 0 saturated heterocycles. The lowest BCUT2D eigenvalue weighted by Crippen LogP contribution is -2.41. The van der Waals surface area contributed by atoms with Crippen molar-refractivity contribution in [2.75, 3.05) is 31.6 Å². The van der Waals surface area contributed by atoms with E-state index in [-0.39, 0.29) is 21.4 Å². The number of rotatable bonds is 10. The Balaban J connectivity index is 1.89. The highest BCUT2D eigenvalue weighted by molar-refractivity contribution is 7.92. The third kappa shape index (κ3) is 5.98. The van der Waals surface area contributed by atoms with Gasteiger partial charge in [-0.2, -0.15) is 0 Å². The number of benzene rings is 3. The van der Waals surface area contributed by atoms with Gasteiger partial charge in [0, 0.05) is 12.6 Å². The van der Waals surface area contributed by atoms with Gasteiger partial charge in [-0.25, -0.2) is 12.8 Å². The summed E-state index contributed by atoms with van der Waals surface area (Å²) in [4.78, 5) is 12.6. The summed E-state index contributed by atoms with van der Waals surface area (Å²) < 4.78 is 52.1. The number of ether oxygens (including phenoxy) is 2. The highest BCUT2D eigenvalue weighted by Crippen LogP contribution is 2.33. The number of methoxy groups -OCH3 is 2. The van der Waals surface area contributed by atoms with E-state index in [4.69, 9.17) is 21.1 Å². The molecule has 3 aromatic carbocycles. The van der Waals surface area contributed by atoms with E-state index in [0.717, 1.165) is 22.0 Å². The third-order valence-electron chi connectivity index (χ3n) is 5.00. The molecular formula is C24H24ClFN2O5S. The van der Waals surface area contributed by atoms with Crippen LogP contribution in [0.3, 0.4) is 0 Å². The molecule has 1 amide bonds. The van der Waals surface area contributed by atoms with Crippen molar-refractivity contribution in [3.8, 4) is 11.5 Å². The van der Waals surface area contributed by atoms with Gasteiger partial charge < -0.3 is 14.8 Å². The maximum atomic E-state index is 13.7. The fourth-order valence-corrected chi connectivity index (χ4v) is 4.84. The van der Waals surface area contributed by atoms with Crippen LogP contribution < -0.4 is 19.1 Å². The molecule has 10 heteroatoms. The fraction of sp³-hybridized carbons (Fsp3) is 0.208. The molecule has 0 atom stereocenters. The van der Waals surface area contributed by atoms with Crippen LogP contribution in [-0.4, -0.2) is 41.6 Å². The van der Waals surface area contributed by atoms with E-state index in [2.05, 4.69) is 5.32 Å². The zero-order chi connectivity index (χ0) is 24.7. The Bertz CT molecular complexity index is 1260. The summed E-state index contributed by atoms with van der Waals surface area (Å²) in [6.07, 6.45) is 0.581. The molecule has 7 nitrogen and oxygen atoms in total. The molecule has 34 heavy (non-hydrogen) atoms. The molecule has 0 saturated carbocycles. The van der Waals surface area contributed by atoms with Crippen LogP contribution >= 0.6 is 11.6 Å². The van der Waals surface area contributed by atoms with Crippen molar-refractivity contribution in [3.05, 3.63) is 83.1 Å². The van der Waals surface area contributed by atoms with Crippen LogP contribution in [0.2, 0.25) is 5.02 Å². The molecule has 0 unspecified atom stereocenters. The second-order valence-corrected chi connectivity index (χ2v) is 9.48. The number of anilines is 1. The van der Waals surface area contributed by atoms with E-state index < -0.39 is 28.3 Å². The van der Waals surface area contributed by atoms with Crippen molar-refractivity contribution in [1.82, 2.24) is 5.32 Å². The first-order chi connectivity index (χ1) is 16.3. The predicted molar refractivity (Wildman–Crippen MR) is 129 cm³/mol. The summed E-state index contributed by atoms with van der Waals surface area (Å²) in [5, 5.41) is 2.46. The van der Waals surface area contributed by atoms with Crippen LogP contribution in [0, 0.1) is 5.82 Å². The number of hydrogen-bond acceptors (Lipinski definition) is 5. The van der Waals surface area contributed by atoms with E-state index in [1.54, 1.807) is 0 Å². The normalized spacial score (nSPS) is 11.1. The van der Waals surface area contributed by atoms with Crippen molar-refractivity contribution in [1.29, 1.82) is 0 Å². The van der Waals surface area contributed by atoms with Gasteiger partial charge in [0.2, 0.25) is 5.91 Å². The Morgan fingerprint density at radius 1 is 1.00 bits per heavy atom. The van der Waals surface area contributed by atoms with Gasteiger partial charge in [0.1, 0.15) is 12.4 Å². The van der Waals surface area contributed by atoms with Crippen molar-refractivity contribution in [2.24, 2.45) is 0 Å². The molecule has 0 bridgehead atoms. The number of amides is 1. The molecule has 0 aliphatic rings. The van der Waals surface area contributed by atoms with Crippen LogP contribution in [0.1, 0.15) is 5.56 Å². The van der Waals surface area contributed by atoms with Crippen LogP contribution in [-0.2, 0) is 21.2 Å².